The van der Waals surface area contributed by atoms with Crippen molar-refractivity contribution >= 4 is 17.7 Å². The molecular formula is C46H61NO6. The zero-order valence-corrected chi connectivity index (χ0v) is 32.7. The highest BCUT2D eigenvalue weighted by atomic mass is 16.6. The van der Waals surface area contributed by atoms with E-state index in [2.05, 4.69) is 32.1 Å². The fraction of sp³-hybridized carbons (Fsp3) is 0.717. The van der Waals surface area contributed by atoms with Gasteiger partial charge in [-0.2, -0.15) is 0 Å². The lowest BCUT2D eigenvalue weighted by Crippen LogP contribution is -2.68. The summed E-state index contributed by atoms with van der Waals surface area (Å²) in [6, 6.07) is 9.96. The number of aliphatic hydroxyl groups excluding tert-OH is 1. The highest BCUT2D eigenvalue weighted by molar-refractivity contribution is 6.00. The number of nitrogens with zero attached hydrogens (tertiary/aromatic N) is 1. The van der Waals surface area contributed by atoms with E-state index in [1.54, 1.807) is 0 Å². The van der Waals surface area contributed by atoms with Crippen molar-refractivity contribution in [2.45, 2.75) is 148 Å². The second-order valence-corrected chi connectivity index (χ2v) is 20.3. The zero-order valence-electron chi connectivity index (χ0n) is 32.7. The minimum atomic E-state index is -1.28. The van der Waals surface area contributed by atoms with E-state index in [1.165, 1.54) is 6.42 Å². The van der Waals surface area contributed by atoms with Crippen LogP contribution < -0.4 is 0 Å². The summed E-state index contributed by atoms with van der Waals surface area (Å²) in [7, 11) is 0. The van der Waals surface area contributed by atoms with Gasteiger partial charge in [-0.3, -0.25) is 14.4 Å². The van der Waals surface area contributed by atoms with Crippen LogP contribution in [0.4, 0.5) is 0 Å². The molecule has 7 nitrogen and oxygen atoms in total. The van der Waals surface area contributed by atoms with Crippen molar-refractivity contribution in [1.82, 2.24) is 4.90 Å². The highest BCUT2D eigenvalue weighted by Gasteiger charge is 2.78. The quantitative estimate of drug-likeness (QED) is 0.219. The number of hydrogen-bond acceptors (Lipinski definition) is 6. The summed E-state index contributed by atoms with van der Waals surface area (Å²) in [4.78, 5) is 45.4. The molecule has 1 unspecified atom stereocenters. The van der Waals surface area contributed by atoms with Crippen molar-refractivity contribution in [2.24, 2.45) is 50.2 Å². The molecule has 1 heterocycles. The molecule has 1 aromatic carbocycles. The molecule has 0 radical (unpaired) electrons. The summed E-state index contributed by atoms with van der Waals surface area (Å²) in [5.74, 6) is 0.128. The number of aliphatic hydroxyl groups is 2. The number of ether oxygens (including phenoxy) is 1. The fourth-order valence-electron chi connectivity index (χ4n) is 14.5. The Morgan fingerprint density at radius 3 is 2.19 bits per heavy atom. The van der Waals surface area contributed by atoms with Gasteiger partial charge in [0.25, 0.3) is 5.91 Å². The van der Waals surface area contributed by atoms with Crippen LogP contribution in [0.3, 0.4) is 0 Å². The molecule has 0 aromatic heterocycles. The predicted octanol–water partition coefficient (Wildman–Crippen LogP) is 7.88. The molecule has 8 aliphatic carbocycles. The van der Waals surface area contributed by atoms with E-state index >= 15 is 4.79 Å². The molecule has 1 aromatic rings. The van der Waals surface area contributed by atoms with E-state index in [4.69, 9.17) is 4.74 Å². The van der Waals surface area contributed by atoms with E-state index in [9.17, 15) is 19.8 Å². The number of Topliss-reactive ketones (excluding diaryl/α,β-unsaturated/α-hetero) is 1. The van der Waals surface area contributed by atoms with Crippen LogP contribution in [-0.4, -0.2) is 56.6 Å². The molecule has 2 spiro atoms. The standard InChI is InChI=1S/C46H61NO6/c1-39(2)42(5)22-25-46(39,53-38(42)51)37(50)47(28-30-12-8-6-9-13-30)29-44(52)21-18-35-41(44,4)20-17-34-40(3)19-16-32(48)26-43(40)23-24-45(34,35)33(27-43)36(49)31-14-10-7-11-15-31/h6,8-9,12-13,23-24,27,31-32,34-35,48,52H,7,10-11,14-22,25-26,28-29H2,1-5H3/t32?,34-,35-,40-,41+,42+,43+,44-,45-,46-/m1/s1. The van der Waals surface area contributed by atoms with Gasteiger partial charge in [-0.25, -0.2) is 0 Å². The van der Waals surface area contributed by atoms with Crippen LogP contribution in [0, 0.1) is 50.2 Å². The second kappa shape index (κ2) is 11.4. The normalized spacial score (nSPS) is 46.3. The molecule has 9 aliphatic rings. The molecule has 1 saturated heterocycles. The van der Waals surface area contributed by atoms with Crippen LogP contribution in [0.2, 0.25) is 0 Å². The molecule has 4 bridgehead atoms. The fourth-order valence-corrected chi connectivity index (χ4v) is 14.5. The number of allylic oxidation sites excluding steroid dienone is 4. The summed E-state index contributed by atoms with van der Waals surface area (Å²) in [6.45, 7) is 11.1. The molecule has 7 heteroatoms. The van der Waals surface area contributed by atoms with E-state index < -0.39 is 32.9 Å². The number of carbonyl (C=O) groups is 3. The van der Waals surface area contributed by atoms with Gasteiger partial charge >= 0.3 is 5.97 Å². The smallest absolute Gasteiger partial charge is 0.313 e. The van der Waals surface area contributed by atoms with Gasteiger partial charge in [-0.15, -0.1) is 0 Å². The summed E-state index contributed by atoms with van der Waals surface area (Å²) >= 11 is 0. The van der Waals surface area contributed by atoms with Gasteiger partial charge in [0.2, 0.25) is 0 Å². The molecule has 10 atom stereocenters. The van der Waals surface area contributed by atoms with Crippen molar-refractivity contribution < 1.29 is 29.3 Å². The monoisotopic (exact) mass is 723 g/mol. The van der Waals surface area contributed by atoms with Crippen LogP contribution in [0.5, 0.6) is 0 Å². The molecule has 6 fully saturated rings. The number of benzene rings is 1. The first-order chi connectivity index (χ1) is 25.0. The first-order valence-electron chi connectivity index (χ1n) is 21.0. The first-order valence-corrected chi connectivity index (χ1v) is 21.0. The van der Waals surface area contributed by atoms with Crippen molar-refractivity contribution in [3.63, 3.8) is 0 Å². The number of fused-ring (bicyclic) bond motifs is 3. The lowest BCUT2D eigenvalue weighted by atomic mass is 9.32. The van der Waals surface area contributed by atoms with Gasteiger partial charge in [0.05, 0.1) is 23.7 Å². The Morgan fingerprint density at radius 2 is 1.51 bits per heavy atom. The zero-order chi connectivity index (χ0) is 37.5. The van der Waals surface area contributed by atoms with Crippen LogP contribution in [0.1, 0.15) is 130 Å². The van der Waals surface area contributed by atoms with Crippen molar-refractivity contribution in [3.05, 3.63) is 59.7 Å². The molecule has 286 valence electrons. The number of ketones is 1. The van der Waals surface area contributed by atoms with Crippen LogP contribution >= 0.6 is 0 Å². The second-order valence-electron chi connectivity index (χ2n) is 20.3. The third-order valence-corrected chi connectivity index (χ3v) is 18.3. The molecule has 1 aliphatic heterocycles. The molecule has 53 heavy (non-hydrogen) atoms. The van der Waals surface area contributed by atoms with Gasteiger partial charge in [-0.1, -0.05) is 95.5 Å². The predicted molar refractivity (Wildman–Crippen MR) is 202 cm³/mol. The molecule has 1 amide bonds. The summed E-state index contributed by atoms with van der Waals surface area (Å²) in [5.41, 5.74) is -3.45. The van der Waals surface area contributed by atoms with Gasteiger partial charge in [0.15, 0.2) is 11.4 Å². The molecular weight excluding hydrogens is 663 g/mol. The Morgan fingerprint density at radius 1 is 0.830 bits per heavy atom. The Hall–Kier alpha value is -2.77. The number of rotatable bonds is 7. The molecule has 5 saturated carbocycles. The average Bonchev–Trinajstić information content (AvgIpc) is 3.59. The number of amides is 1. The van der Waals surface area contributed by atoms with E-state index in [-0.39, 0.29) is 53.1 Å². The third kappa shape index (κ3) is 4.33. The first kappa shape index (κ1) is 35.9. The highest BCUT2D eigenvalue weighted by Crippen LogP contribution is 2.78. The van der Waals surface area contributed by atoms with Gasteiger partial charge in [-0.05, 0) is 100 Å². The Labute approximate surface area is 316 Å². The SMILES string of the molecule is CC1(C)[C@@]2(C)CC[C@]1(C(=O)N(Cc1ccccc1)C[C@]1(O)CC[C@H]3[C@]45C=C[C@@]6(C=C4C(=O)C4CCCCC4)CC(O)CC[C@]6(C)[C@H]5CC[C@@]31C)OC2=O. The Bertz CT molecular complexity index is 1790. The lowest BCUT2D eigenvalue weighted by molar-refractivity contribution is -0.189. The van der Waals surface area contributed by atoms with Gasteiger partial charge in [0, 0.05) is 39.7 Å². The summed E-state index contributed by atoms with van der Waals surface area (Å²) in [6.07, 6.45) is 18.5. The number of carbonyl (C=O) groups excluding carboxylic acids is 3. The average molecular weight is 724 g/mol. The minimum Gasteiger partial charge on any atom is -0.448 e. The third-order valence-electron chi connectivity index (χ3n) is 18.3. The number of hydrogen-bond donors (Lipinski definition) is 2. The topological polar surface area (TPSA) is 104 Å². The maximum absolute atomic E-state index is 15.2. The maximum Gasteiger partial charge on any atom is 0.313 e. The van der Waals surface area contributed by atoms with Crippen molar-refractivity contribution in [1.29, 1.82) is 0 Å². The van der Waals surface area contributed by atoms with Gasteiger partial charge in [0.1, 0.15) is 0 Å². The minimum absolute atomic E-state index is 0.0260. The Kier molecular flexibility index (Phi) is 7.72. The summed E-state index contributed by atoms with van der Waals surface area (Å²) in [5, 5.41) is 24.4. The van der Waals surface area contributed by atoms with Crippen molar-refractivity contribution in [2.75, 3.05) is 6.54 Å². The van der Waals surface area contributed by atoms with E-state index in [1.807, 2.05) is 56.0 Å². The largest absolute Gasteiger partial charge is 0.448 e. The summed E-state index contributed by atoms with van der Waals surface area (Å²) < 4.78 is 6.17. The lowest BCUT2D eigenvalue weighted by Gasteiger charge is -2.71. The van der Waals surface area contributed by atoms with Crippen LogP contribution in [0.25, 0.3) is 0 Å². The Balaban J connectivity index is 1.12. The molecule has 10 rings (SSSR count). The number of esters is 1. The van der Waals surface area contributed by atoms with Crippen molar-refractivity contribution in [3.8, 4) is 0 Å². The van der Waals surface area contributed by atoms with Gasteiger partial charge < -0.3 is 19.8 Å². The van der Waals surface area contributed by atoms with Crippen LogP contribution in [0.15, 0.2) is 54.1 Å². The maximum atomic E-state index is 15.2. The molecule has 2 N–H and O–H groups in total. The van der Waals surface area contributed by atoms with E-state index in [0.29, 0.717) is 38.0 Å². The van der Waals surface area contributed by atoms with E-state index in [0.717, 1.165) is 68.9 Å². The van der Waals surface area contributed by atoms with Crippen LogP contribution in [-0.2, 0) is 25.7 Å².